The summed E-state index contributed by atoms with van der Waals surface area (Å²) < 4.78 is 0. The third-order valence-electron chi connectivity index (χ3n) is 9.22. The Bertz CT molecular complexity index is 1700. The summed E-state index contributed by atoms with van der Waals surface area (Å²) >= 11 is 0. The molecule has 0 saturated carbocycles. The number of benzene rings is 1. The molecule has 0 atom stereocenters. The molecule has 3 aromatic rings. The first kappa shape index (κ1) is 27.6. The molecule has 2 aliphatic heterocycles. The van der Waals surface area contributed by atoms with Crippen LogP contribution in [0.2, 0.25) is 0 Å². The molecule has 0 fully saturated rings. The zero-order valence-electron chi connectivity index (χ0n) is 25.8. The molecule has 2 aliphatic rings. The molecule has 4 heteroatoms. The number of rotatable bonds is 6. The maximum absolute atomic E-state index is 5.13. The summed E-state index contributed by atoms with van der Waals surface area (Å²) in [6, 6.07) is 8.81. The molecular formula is C36H42N4. The van der Waals surface area contributed by atoms with Crippen LogP contribution in [0.3, 0.4) is 0 Å². The quantitative estimate of drug-likeness (QED) is 0.319. The third kappa shape index (κ3) is 5.03. The molecule has 0 bridgehead atoms. The van der Waals surface area contributed by atoms with Crippen molar-refractivity contribution in [2.75, 3.05) is 0 Å². The summed E-state index contributed by atoms with van der Waals surface area (Å²) in [7, 11) is 0. The molecule has 4 heterocycles. The molecule has 2 aromatic heterocycles. The zero-order valence-corrected chi connectivity index (χ0v) is 25.8. The van der Waals surface area contributed by atoms with E-state index in [1.165, 1.54) is 67.1 Å². The van der Waals surface area contributed by atoms with E-state index in [0.29, 0.717) is 0 Å². The van der Waals surface area contributed by atoms with Crippen LogP contribution in [0.5, 0.6) is 0 Å². The number of aryl methyl sites for hydroxylation is 2. The minimum Gasteiger partial charge on any atom is -0.359 e. The Hall–Kier alpha value is -3.92. The number of nitrogens with zero attached hydrogens (tertiary/aromatic N) is 2. The highest BCUT2D eigenvalue weighted by molar-refractivity contribution is 6.20. The molecule has 0 saturated heterocycles. The van der Waals surface area contributed by atoms with Crippen molar-refractivity contribution in [1.29, 1.82) is 0 Å². The molecule has 206 valence electrons. The van der Waals surface area contributed by atoms with Crippen molar-refractivity contribution in [3.8, 4) is 0 Å². The van der Waals surface area contributed by atoms with Crippen molar-refractivity contribution in [1.82, 2.24) is 9.97 Å². The Labute approximate surface area is 239 Å². The van der Waals surface area contributed by atoms with Crippen LogP contribution >= 0.6 is 0 Å². The second-order valence-corrected chi connectivity index (χ2v) is 11.7. The van der Waals surface area contributed by atoms with Gasteiger partial charge in [-0.25, -0.2) is 0 Å². The number of hydrogen-bond donors (Lipinski definition) is 2. The molecule has 0 aliphatic carbocycles. The zero-order chi connectivity index (χ0) is 28.9. The van der Waals surface area contributed by atoms with Gasteiger partial charge in [-0.15, -0.1) is 0 Å². The minimum atomic E-state index is 0.740. The van der Waals surface area contributed by atoms with Gasteiger partial charge in [-0.2, -0.15) is 0 Å². The molecule has 0 amide bonds. The summed E-state index contributed by atoms with van der Waals surface area (Å²) in [5.74, 6) is 0. The van der Waals surface area contributed by atoms with Crippen molar-refractivity contribution >= 4 is 23.6 Å². The number of aliphatic imine (C=N–C) groups is 2. The van der Waals surface area contributed by atoms with Crippen LogP contribution in [0.1, 0.15) is 90.3 Å². The van der Waals surface area contributed by atoms with Crippen LogP contribution in [-0.2, 0) is 6.42 Å². The lowest BCUT2D eigenvalue weighted by Crippen LogP contribution is -2.07. The Morgan fingerprint density at radius 2 is 1.05 bits per heavy atom. The van der Waals surface area contributed by atoms with Gasteiger partial charge in [0, 0.05) is 35.6 Å². The van der Waals surface area contributed by atoms with E-state index in [-0.39, 0.29) is 0 Å². The molecule has 0 spiro atoms. The molecule has 2 N–H and O–H groups in total. The fourth-order valence-corrected chi connectivity index (χ4v) is 5.53. The molecule has 5 rings (SSSR count). The first-order valence-corrected chi connectivity index (χ1v) is 14.3. The van der Waals surface area contributed by atoms with Gasteiger partial charge in [-0.3, -0.25) is 9.98 Å². The van der Waals surface area contributed by atoms with Crippen LogP contribution in [0.25, 0.3) is 12.2 Å². The van der Waals surface area contributed by atoms with Crippen molar-refractivity contribution in [2.24, 2.45) is 9.98 Å². The lowest BCUT2D eigenvalue weighted by atomic mass is 9.99. The molecular weight excluding hydrogens is 488 g/mol. The molecule has 40 heavy (non-hydrogen) atoms. The predicted octanol–water partition coefficient (Wildman–Crippen LogP) is 9.14. The second-order valence-electron chi connectivity index (χ2n) is 11.7. The molecule has 0 radical (unpaired) electrons. The van der Waals surface area contributed by atoms with Gasteiger partial charge in [0.15, 0.2) is 0 Å². The summed E-state index contributed by atoms with van der Waals surface area (Å²) in [5, 5.41) is 0. The number of allylic oxidation sites excluding steroid dienone is 4. The van der Waals surface area contributed by atoms with E-state index in [2.05, 4.69) is 116 Å². The van der Waals surface area contributed by atoms with Gasteiger partial charge in [-0.05, 0) is 131 Å². The Morgan fingerprint density at radius 3 is 1.55 bits per heavy atom. The highest BCUT2D eigenvalue weighted by Crippen LogP contribution is 2.34. The van der Waals surface area contributed by atoms with E-state index in [9.17, 15) is 0 Å². The number of aromatic nitrogens is 2. The average molecular weight is 531 g/mol. The number of hydrogen-bond acceptors (Lipinski definition) is 2. The van der Waals surface area contributed by atoms with Gasteiger partial charge in [0.25, 0.3) is 0 Å². The van der Waals surface area contributed by atoms with Gasteiger partial charge < -0.3 is 9.97 Å². The number of aromatic amines is 2. The smallest absolute Gasteiger partial charge is 0.0686 e. The maximum atomic E-state index is 5.13. The van der Waals surface area contributed by atoms with Crippen LogP contribution in [0.15, 0.2) is 67.9 Å². The van der Waals surface area contributed by atoms with E-state index >= 15 is 0 Å². The first-order chi connectivity index (χ1) is 18.9. The number of H-pyrrole nitrogens is 2. The third-order valence-corrected chi connectivity index (χ3v) is 9.22. The van der Waals surface area contributed by atoms with E-state index in [1.807, 2.05) is 0 Å². The van der Waals surface area contributed by atoms with Crippen molar-refractivity contribution < 1.29 is 0 Å². The van der Waals surface area contributed by atoms with Gasteiger partial charge in [0.05, 0.1) is 22.8 Å². The van der Waals surface area contributed by atoms with Gasteiger partial charge >= 0.3 is 0 Å². The largest absolute Gasteiger partial charge is 0.359 e. The fourth-order valence-electron chi connectivity index (χ4n) is 5.53. The van der Waals surface area contributed by atoms with Crippen molar-refractivity contribution in [2.45, 2.75) is 82.1 Å². The van der Waals surface area contributed by atoms with Gasteiger partial charge in [0.1, 0.15) is 0 Å². The Morgan fingerprint density at radius 1 is 0.550 bits per heavy atom. The van der Waals surface area contributed by atoms with E-state index in [0.717, 1.165) is 47.0 Å². The monoisotopic (exact) mass is 530 g/mol. The highest BCUT2D eigenvalue weighted by Gasteiger charge is 2.24. The lowest BCUT2D eigenvalue weighted by Gasteiger charge is -2.04. The van der Waals surface area contributed by atoms with Gasteiger partial charge in [-0.1, -0.05) is 29.8 Å². The van der Waals surface area contributed by atoms with E-state index < -0.39 is 0 Å². The second kappa shape index (κ2) is 10.6. The topological polar surface area (TPSA) is 56.3 Å². The van der Waals surface area contributed by atoms with Gasteiger partial charge in [0.2, 0.25) is 0 Å². The number of nitrogens with one attached hydrogen (secondary N) is 2. The minimum absolute atomic E-state index is 0.740. The van der Waals surface area contributed by atoms with E-state index in [1.54, 1.807) is 0 Å². The standard InChI is InChI=1S/C36H42N4/c1-19-11-13-29(14-12-19)15-30-22(4)23(5)33(38-30)17-34-26(8)27(9)36(40-34)18-35-25(7)24(6)32(39-35)16-31-21(3)20(2)28(10)37-31/h11-14,16-17,37-38H,15,18H2,1-10H3/b32-16+,34-17-. The van der Waals surface area contributed by atoms with Crippen LogP contribution in [-0.4, -0.2) is 21.4 Å². The summed E-state index contributed by atoms with van der Waals surface area (Å²) in [6.07, 6.45) is 6.06. The van der Waals surface area contributed by atoms with Crippen LogP contribution in [0, 0.1) is 41.5 Å². The molecule has 0 unspecified atom stereocenters. The maximum Gasteiger partial charge on any atom is 0.0686 e. The Balaban J connectivity index is 1.41. The lowest BCUT2D eigenvalue weighted by molar-refractivity contribution is 1.08. The Kier molecular flexibility index (Phi) is 7.31. The molecule has 4 nitrogen and oxygen atoms in total. The summed E-state index contributed by atoms with van der Waals surface area (Å²) in [5.41, 5.74) is 21.9. The first-order valence-electron chi connectivity index (χ1n) is 14.3. The van der Waals surface area contributed by atoms with E-state index in [4.69, 9.17) is 9.98 Å². The van der Waals surface area contributed by atoms with Crippen molar-refractivity contribution in [3.05, 3.63) is 114 Å². The van der Waals surface area contributed by atoms with Crippen molar-refractivity contribution in [3.63, 3.8) is 0 Å². The predicted molar refractivity (Wildman–Crippen MR) is 171 cm³/mol. The SMILES string of the molecule is CC1=C(C)/C(=C/c2[nH]c(Cc3ccc(C)cc3)c(C)c2C)N=C1CC1=N/C(=C/c2[nH]c(C)c(C)c2C)C(C)=C1C. The van der Waals surface area contributed by atoms with Crippen LogP contribution in [0.4, 0.5) is 0 Å². The van der Waals surface area contributed by atoms with Crippen LogP contribution < -0.4 is 0 Å². The highest BCUT2D eigenvalue weighted by atomic mass is 14.8. The normalized spacial score (nSPS) is 17.6. The fraction of sp³-hybridized carbons (Fsp3) is 0.333. The summed E-state index contributed by atoms with van der Waals surface area (Å²) in [6.45, 7) is 21.8. The molecule has 1 aromatic carbocycles. The summed E-state index contributed by atoms with van der Waals surface area (Å²) in [4.78, 5) is 17.4. The average Bonchev–Trinajstić information content (AvgIpc) is 3.54.